The van der Waals surface area contributed by atoms with Crippen molar-refractivity contribution < 1.29 is 4.79 Å². The SMILES string of the molecule is CC(C)C(=O)NCc1ccnc(N2CCCC2)n1. The molecule has 0 aliphatic carbocycles. The number of nitrogens with zero attached hydrogens (tertiary/aromatic N) is 3. The molecule has 2 heterocycles. The van der Waals surface area contributed by atoms with Gasteiger partial charge in [0, 0.05) is 25.2 Å². The van der Waals surface area contributed by atoms with Crippen molar-refractivity contribution in [3.8, 4) is 0 Å². The molecule has 1 amide bonds. The highest BCUT2D eigenvalue weighted by Gasteiger charge is 2.15. The van der Waals surface area contributed by atoms with Crippen LogP contribution in [0.2, 0.25) is 0 Å². The summed E-state index contributed by atoms with van der Waals surface area (Å²) in [4.78, 5) is 22.5. The Morgan fingerprint density at radius 1 is 1.44 bits per heavy atom. The Morgan fingerprint density at radius 3 is 2.83 bits per heavy atom. The van der Waals surface area contributed by atoms with E-state index in [1.54, 1.807) is 6.20 Å². The molecular weight excluding hydrogens is 228 g/mol. The highest BCUT2D eigenvalue weighted by Crippen LogP contribution is 2.15. The largest absolute Gasteiger partial charge is 0.350 e. The van der Waals surface area contributed by atoms with Gasteiger partial charge >= 0.3 is 0 Å². The smallest absolute Gasteiger partial charge is 0.225 e. The number of nitrogens with one attached hydrogen (secondary N) is 1. The first-order chi connectivity index (χ1) is 8.66. The number of hydrogen-bond acceptors (Lipinski definition) is 4. The number of anilines is 1. The van der Waals surface area contributed by atoms with Gasteiger partial charge in [0.15, 0.2) is 0 Å². The summed E-state index contributed by atoms with van der Waals surface area (Å²) in [5.41, 5.74) is 0.862. The van der Waals surface area contributed by atoms with Crippen LogP contribution in [0.1, 0.15) is 32.4 Å². The third-order valence-corrected chi connectivity index (χ3v) is 3.06. The van der Waals surface area contributed by atoms with E-state index in [1.165, 1.54) is 12.8 Å². The molecule has 5 nitrogen and oxygen atoms in total. The van der Waals surface area contributed by atoms with Crippen LogP contribution in [0.15, 0.2) is 12.3 Å². The summed E-state index contributed by atoms with van der Waals surface area (Å²) in [6.45, 7) is 6.29. The lowest BCUT2D eigenvalue weighted by molar-refractivity contribution is -0.124. The summed E-state index contributed by atoms with van der Waals surface area (Å²) in [6.07, 6.45) is 4.17. The van der Waals surface area contributed by atoms with Crippen molar-refractivity contribution in [2.45, 2.75) is 33.2 Å². The second-order valence-corrected chi connectivity index (χ2v) is 4.91. The molecule has 0 radical (unpaired) electrons. The minimum Gasteiger partial charge on any atom is -0.350 e. The maximum Gasteiger partial charge on any atom is 0.225 e. The van der Waals surface area contributed by atoms with Crippen LogP contribution in [0.4, 0.5) is 5.95 Å². The molecule has 1 N–H and O–H groups in total. The van der Waals surface area contributed by atoms with Gasteiger partial charge in [-0.3, -0.25) is 4.79 Å². The van der Waals surface area contributed by atoms with Gasteiger partial charge < -0.3 is 10.2 Å². The lowest BCUT2D eigenvalue weighted by Crippen LogP contribution is -2.28. The van der Waals surface area contributed by atoms with Gasteiger partial charge in [0.1, 0.15) is 0 Å². The molecule has 18 heavy (non-hydrogen) atoms. The quantitative estimate of drug-likeness (QED) is 0.874. The fourth-order valence-corrected chi connectivity index (χ4v) is 1.93. The Balaban J connectivity index is 1.96. The maximum atomic E-state index is 11.5. The standard InChI is InChI=1S/C13H20N4O/c1-10(2)12(18)15-9-11-5-6-14-13(16-11)17-7-3-4-8-17/h5-6,10H,3-4,7-9H2,1-2H3,(H,15,18). The van der Waals surface area contributed by atoms with Crippen LogP contribution >= 0.6 is 0 Å². The predicted octanol–water partition coefficient (Wildman–Crippen LogP) is 1.35. The van der Waals surface area contributed by atoms with Gasteiger partial charge in [-0.2, -0.15) is 0 Å². The molecule has 1 aromatic rings. The van der Waals surface area contributed by atoms with Crippen molar-refractivity contribution in [3.05, 3.63) is 18.0 Å². The molecule has 0 atom stereocenters. The minimum absolute atomic E-state index is 0.00453. The topological polar surface area (TPSA) is 58.1 Å². The van der Waals surface area contributed by atoms with Crippen molar-refractivity contribution in [2.24, 2.45) is 5.92 Å². The first-order valence-electron chi connectivity index (χ1n) is 6.51. The van der Waals surface area contributed by atoms with Crippen LogP contribution in [0.3, 0.4) is 0 Å². The molecule has 1 aliphatic heterocycles. The Morgan fingerprint density at radius 2 is 2.17 bits per heavy atom. The van der Waals surface area contributed by atoms with Crippen LogP contribution in [0, 0.1) is 5.92 Å². The van der Waals surface area contributed by atoms with Crippen LogP contribution in [-0.2, 0) is 11.3 Å². The molecule has 0 saturated carbocycles. The molecule has 0 unspecified atom stereocenters. The van der Waals surface area contributed by atoms with Crippen molar-refractivity contribution in [1.82, 2.24) is 15.3 Å². The Kier molecular flexibility index (Phi) is 4.12. The summed E-state index contributed by atoms with van der Waals surface area (Å²) < 4.78 is 0. The maximum absolute atomic E-state index is 11.5. The van der Waals surface area contributed by atoms with E-state index >= 15 is 0 Å². The van der Waals surface area contributed by atoms with E-state index in [-0.39, 0.29) is 11.8 Å². The van der Waals surface area contributed by atoms with Crippen LogP contribution in [-0.4, -0.2) is 29.0 Å². The molecule has 0 bridgehead atoms. The number of carbonyl (C=O) groups excluding carboxylic acids is 1. The Labute approximate surface area is 108 Å². The highest BCUT2D eigenvalue weighted by atomic mass is 16.1. The zero-order chi connectivity index (χ0) is 13.0. The van der Waals surface area contributed by atoms with E-state index < -0.39 is 0 Å². The lowest BCUT2D eigenvalue weighted by Gasteiger charge is -2.15. The normalized spacial score (nSPS) is 15.2. The van der Waals surface area contributed by atoms with Gasteiger partial charge in [0.2, 0.25) is 11.9 Å². The number of rotatable bonds is 4. The molecule has 2 rings (SSSR count). The molecule has 1 aliphatic rings. The first-order valence-corrected chi connectivity index (χ1v) is 6.51. The summed E-state index contributed by atoms with van der Waals surface area (Å²) >= 11 is 0. The van der Waals surface area contributed by atoms with Crippen LogP contribution < -0.4 is 10.2 Å². The molecule has 1 aromatic heterocycles. The number of hydrogen-bond donors (Lipinski definition) is 1. The molecule has 98 valence electrons. The fraction of sp³-hybridized carbons (Fsp3) is 0.615. The second kappa shape index (κ2) is 5.80. The van der Waals surface area contributed by atoms with E-state index in [1.807, 2.05) is 19.9 Å². The van der Waals surface area contributed by atoms with Crippen molar-refractivity contribution in [2.75, 3.05) is 18.0 Å². The monoisotopic (exact) mass is 248 g/mol. The highest BCUT2D eigenvalue weighted by molar-refractivity contribution is 5.77. The third-order valence-electron chi connectivity index (χ3n) is 3.06. The Bertz CT molecular complexity index is 413. The van der Waals surface area contributed by atoms with E-state index in [9.17, 15) is 4.79 Å². The van der Waals surface area contributed by atoms with E-state index in [2.05, 4.69) is 20.2 Å². The number of aromatic nitrogens is 2. The van der Waals surface area contributed by atoms with Gasteiger partial charge in [-0.05, 0) is 18.9 Å². The lowest BCUT2D eigenvalue weighted by atomic mass is 10.2. The Hall–Kier alpha value is -1.65. The average molecular weight is 248 g/mol. The zero-order valence-electron chi connectivity index (χ0n) is 11.0. The fourth-order valence-electron chi connectivity index (χ4n) is 1.93. The molecule has 0 aromatic carbocycles. The molecule has 1 saturated heterocycles. The van der Waals surface area contributed by atoms with E-state index in [0.717, 1.165) is 24.7 Å². The van der Waals surface area contributed by atoms with Crippen molar-refractivity contribution >= 4 is 11.9 Å². The number of amides is 1. The second-order valence-electron chi connectivity index (χ2n) is 4.91. The third kappa shape index (κ3) is 3.18. The minimum atomic E-state index is 0.00453. The van der Waals surface area contributed by atoms with Crippen LogP contribution in [0.25, 0.3) is 0 Å². The van der Waals surface area contributed by atoms with Gasteiger partial charge in [0.25, 0.3) is 0 Å². The van der Waals surface area contributed by atoms with Crippen molar-refractivity contribution in [3.63, 3.8) is 0 Å². The first kappa shape index (κ1) is 12.8. The van der Waals surface area contributed by atoms with Gasteiger partial charge in [0.05, 0.1) is 12.2 Å². The summed E-state index contributed by atoms with van der Waals surface area (Å²) in [5, 5.41) is 2.87. The summed E-state index contributed by atoms with van der Waals surface area (Å²) in [5.74, 6) is 0.838. The van der Waals surface area contributed by atoms with Gasteiger partial charge in [-0.15, -0.1) is 0 Å². The van der Waals surface area contributed by atoms with E-state index in [4.69, 9.17) is 0 Å². The van der Waals surface area contributed by atoms with Crippen molar-refractivity contribution in [1.29, 1.82) is 0 Å². The molecule has 5 heteroatoms. The van der Waals surface area contributed by atoms with E-state index in [0.29, 0.717) is 6.54 Å². The van der Waals surface area contributed by atoms with Crippen LogP contribution in [0.5, 0.6) is 0 Å². The van der Waals surface area contributed by atoms with Gasteiger partial charge in [-0.25, -0.2) is 9.97 Å². The summed E-state index contributed by atoms with van der Waals surface area (Å²) in [7, 11) is 0. The average Bonchev–Trinajstić information content (AvgIpc) is 2.90. The summed E-state index contributed by atoms with van der Waals surface area (Å²) in [6, 6.07) is 1.85. The number of carbonyl (C=O) groups is 1. The van der Waals surface area contributed by atoms with Gasteiger partial charge in [-0.1, -0.05) is 13.8 Å². The molecular formula is C13H20N4O. The predicted molar refractivity (Wildman–Crippen MR) is 70.2 cm³/mol. The zero-order valence-corrected chi connectivity index (χ0v) is 11.0. The molecule has 0 spiro atoms. The molecule has 1 fully saturated rings.